The number of esters is 1. The third-order valence-corrected chi connectivity index (χ3v) is 6.18. The lowest BCUT2D eigenvalue weighted by Crippen LogP contribution is -2.37. The van der Waals surface area contributed by atoms with E-state index in [2.05, 4.69) is 5.32 Å². The van der Waals surface area contributed by atoms with Gasteiger partial charge in [-0.2, -0.15) is 0 Å². The van der Waals surface area contributed by atoms with Gasteiger partial charge in [0.1, 0.15) is 11.8 Å². The first-order valence-electron chi connectivity index (χ1n) is 12.2. The molecule has 1 atom stereocenters. The molecule has 0 radical (unpaired) electrons. The summed E-state index contributed by atoms with van der Waals surface area (Å²) in [6, 6.07) is 19.0. The Labute approximate surface area is 220 Å². The highest BCUT2D eigenvalue weighted by molar-refractivity contribution is 6.22. The summed E-state index contributed by atoms with van der Waals surface area (Å²) in [5, 5.41) is 2.75. The van der Waals surface area contributed by atoms with Crippen LogP contribution < -0.4 is 15.0 Å². The van der Waals surface area contributed by atoms with Crippen LogP contribution in [0.15, 0.2) is 72.8 Å². The molecule has 0 spiro atoms. The molecule has 1 N–H and O–H groups in total. The minimum atomic E-state index is -0.996. The van der Waals surface area contributed by atoms with Crippen LogP contribution in [0.4, 0.5) is 16.2 Å². The Morgan fingerprint density at radius 2 is 1.58 bits per heavy atom. The quantitative estimate of drug-likeness (QED) is 0.331. The number of imide groups is 1. The lowest BCUT2D eigenvalue weighted by Gasteiger charge is -2.22. The van der Waals surface area contributed by atoms with Crippen molar-refractivity contribution in [3.63, 3.8) is 0 Å². The Balaban J connectivity index is 1.54. The second-order valence-electron chi connectivity index (χ2n) is 8.83. The molecule has 1 heterocycles. The van der Waals surface area contributed by atoms with E-state index in [-0.39, 0.29) is 19.6 Å². The molecule has 0 bridgehead atoms. The van der Waals surface area contributed by atoms with Crippen molar-refractivity contribution in [1.29, 1.82) is 0 Å². The molecule has 0 aliphatic carbocycles. The number of urea groups is 1. The molecule has 196 valence electrons. The Morgan fingerprint density at radius 1 is 0.921 bits per heavy atom. The van der Waals surface area contributed by atoms with Crippen LogP contribution in [0, 0.1) is 6.92 Å². The van der Waals surface area contributed by atoms with Gasteiger partial charge in [-0.05, 0) is 67.9 Å². The van der Waals surface area contributed by atoms with Crippen molar-refractivity contribution >= 4 is 35.2 Å². The summed E-state index contributed by atoms with van der Waals surface area (Å²) in [5.74, 6) is -0.786. The number of anilines is 2. The van der Waals surface area contributed by atoms with E-state index < -0.39 is 29.9 Å². The van der Waals surface area contributed by atoms with Crippen molar-refractivity contribution < 1.29 is 28.7 Å². The number of hydrogen-bond acceptors (Lipinski definition) is 6. The number of methoxy groups -OCH3 is 1. The predicted octanol–water partition coefficient (Wildman–Crippen LogP) is 4.55. The van der Waals surface area contributed by atoms with Crippen LogP contribution in [0.1, 0.15) is 34.8 Å². The van der Waals surface area contributed by atoms with Crippen LogP contribution >= 0.6 is 0 Å². The zero-order chi connectivity index (χ0) is 27.2. The Morgan fingerprint density at radius 3 is 2.18 bits per heavy atom. The van der Waals surface area contributed by atoms with Gasteiger partial charge in [0.2, 0.25) is 5.91 Å². The number of nitrogens with zero attached hydrogens (tertiary/aromatic N) is 2. The van der Waals surface area contributed by atoms with Gasteiger partial charge in [0.15, 0.2) is 0 Å². The summed E-state index contributed by atoms with van der Waals surface area (Å²) in [5.41, 5.74) is 3.13. The maximum Gasteiger partial charge on any atom is 0.338 e. The summed E-state index contributed by atoms with van der Waals surface area (Å²) in [6.07, 6.45) is -0.233. The van der Waals surface area contributed by atoms with Gasteiger partial charge in [-0.15, -0.1) is 0 Å². The van der Waals surface area contributed by atoms with Gasteiger partial charge in [-0.1, -0.05) is 29.8 Å². The molecular formula is C29H29N3O6. The number of carbonyl (C=O) groups is 4. The number of hydrogen-bond donors (Lipinski definition) is 1. The maximum atomic E-state index is 13.5. The average Bonchev–Trinajstić information content (AvgIpc) is 3.14. The van der Waals surface area contributed by atoms with Gasteiger partial charge in [0.25, 0.3) is 5.91 Å². The van der Waals surface area contributed by atoms with Crippen molar-refractivity contribution in [2.75, 3.05) is 23.9 Å². The fourth-order valence-electron chi connectivity index (χ4n) is 4.16. The van der Waals surface area contributed by atoms with Gasteiger partial charge in [-0.25, -0.2) is 14.5 Å². The van der Waals surface area contributed by atoms with Crippen molar-refractivity contribution in [1.82, 2.24) is 4.90 Å². The van der Waals surface area contributed by atoms with Crippen LogP contribution in [0.25, 0.3) is 0 Å². The van der Waals surface area contributed by atoms with Crippen LogP contribution in [-0.2, 0) is 20.9 Å². The third kappa shape index (κ3) is 5.83. The molecule has 0 aromatic heterocycles. The standard InChI is InChI=1S/C29H29N3O6/c1-4-38-28(35)21-9-11-22(12-10-21)30-26(33)17-25-27(34)32(23-13-15-24(37-3)16-14-23)29(36)31(25)18-20-7-5-19(2)6-8-20/h5-16,25H,4,17-18H2,1-3H3,(H,30,33)/t25-/m1/s1. The Hall–Kier alpha value is -4.66. The highest BCUT2D eigenvalue weighted by Gasteiger charge is 2.46. The Kier molecular flexibility index (Phi) is 8.06. The van der Waals surface area contributed by atoms with Gasteiger partial charge >= 0.3 is 12.0 Å². The number of rotatable bonds is 9. The van der Waals surface area contributed by atoms with Crippen molar-refractivity contribution in [2.45, 2.75) is 32.9 Å². The fourth-order valence-corrected chi connectivity index (χ4v) is 4.16. The van der Waals surface area contributed by atoms with Gasteiger partial charge < -0.3 is 19.7 Å². The molecule has 3 aromatic carbocycles. The first-order valence-corrected chi connectivity index (χ1v) is 12.2. The topological polar surface area (TPSA) is 105 Å². The number of carbonyl (C=O) groups excluding carboxylic acids is 4. The average molecular weight is 516 g/mol. The zero-order valence-electron chi connectivity index (χ0n) is 21.5. The molecule has 4 amide bonds. The maximum absolute atomic E-state index is 13.5. The first-order chi connectivity index (χ1) is 18.3. The van der Waals surface area contributed by atoms with E-state index in [9.17, 15) is 19.2 Å². The molecule has 38 heavy (non-hydrogen) atoms. The molecule has 0 unspecified atom stereocenters. The fraction of sp³-hybridized carbons (Fsp3) is 0.241. The molecule has 9 nitrogen and oxygen atoms in total. The molecule has 1 saturated heterocycles. The summed E-state index contributed by atoms with van der Waals surface area (Å²) < 4.78 is 10.2. The molecule has 3 aromatic rings. The van der Waals surface area contributed by atoms with Gasteiger partial charge in [0, 0.05) is 12.2 Å². The van der Waals surface area contributed by atoms with Crippen molar-refractivity contribution in [2.24, 2.45) is 0 Å². The second-order valence-corrected chi connectivity index (χ2v) is 8.83. The number of amides is 4. The second kappa shape index (κ2) is 11.6. The van der Waals surface area contributed by atoms with Crippen LogP contribution in [0.5, 0.6) is 5.75 Å². The number of benzene rings is 3. The van der Waals surface area contributed by atoms with Crippen LogP contribution in [0.3, 0.4) is 0 Å². The molecule has 1 fully saturated rings. The summed E-state index contributed by atoms with van der Waals surface area (Å²) in [7, 11) is 1.53. The number of nitrogens with one attached hydrogen (secondary N) is 1. The van der Waals surface area contributed by atoms with E-state index in [1.54, 1.807) is 55.5 Å². The predicted molar refractivity (Wildman–Crippen MR) is 142 cm³/mol. The Bertz CT molecular complexity index is 1320. The smallest absolute Gasteiger partial charge is 0.338 e. The van der Waals surface area contributed by atoms with Gasteiger partial charge in [0.05, 0.1) is 31.4 Å². The van der Waals surface area contributed by atoms with Crippen LogP contribution in [0.2, 0.25) is 0 Å². The molecule has 0 saturated carbocycles. The monoisotopic (exact) mass is 515 g/mol. The molecule has 1 aliphatic heterocycles. The molecular weight excluding hydrogens is 486 g/mol. The van der Waals surface area contributed by atoms with E-state index in [0.717, 1.165) is 16.0 Å². The molecule has 1 aliphatic rings. The largest absolute Gasteiger partial charge is 0.497 e. The summed E-state index contributed by atoms with van der Waals surface area (Å²) in [4.78, 5) is 54.3. The van der Waals surface area contributed by atoms with E-state index in [4.69, 9.17) is 9.47 Å². The minimum absolute atomic E-state index is 0.170. The number of ether oxygens (including phenoxy) is 2. The lowest BCUT2D eigenvalue weighted by molar-refractivity contribution is -0.124. The minimum Gasteiger partial charge on any atom is -0.497 e. The van der Waals surface area contributed by atoms with Gasteiger partial charge in [-0.3, -0.25) is 9.59 Å². The SMILES string of the molecule is CCOC(=O)c1ccc(NC(=O)C[C@@H]2C(=O)N(c3ccc(OC)cc3)C(=O)N2Cc2ccc(C)cc2)cc1. The zero-order valence-corrected chi connectivity index (χ0v) is 21.5. The van der Waals surface area contributed by atoms with E-state index in [1.165, 1.54) is 12.0 Å². The highest BCUT2D eigenvalue weighted by atomic mass is 16.5. The van der Waals surface area contributed by atoms with Crippen molar-refractivity contribution in [3.05, 3.63) is 89.5 Å². The third-order valence-electron chi connectivity index (χ3n) is 6.18. The van der Waals surface area contributed by atoms with Crippen LogP contribution in [-0.4, -0.2) is 48.5 Å². The normalized spacial score (nSPS) is 15.0. The highest BCUT2D eigenvalue weighted by Crippen LogP contribution is 2.30. The van der Waals surface area contributed by atoms with E-state index >= 15 is 0 Å². The van der Waals surface area contributed by atoms with E-state index in [1.807, 2.05) is 31.2 Å². The number of aryl methyl sites for hydroxylation is 1. The molecule has 4 rings (SSSR count). The van der Waals surface area contributed by atoms with E-state index in [0.29, 0.717) is 22.7 Å². The lowest BCUT2D eigenvalue weighted by atomic mass is 10.1. The summed E-state index contributed by atoms with van der Waals surface area (Å²) in [6.45, 7) is 4.12. The molecule has 9 heteroatoms. The first kappa shape index (κ1) is 26.4. The summed E-state index contributed by atoms with van der Waals surface area (Å²) >= 11 is 0. The van der Waals surface area contributed by atoms with Crippen molar-refractivity contribution in [3.8, 4) is 5.75 Å².